The van der Waals surface area contributed by atoms with Gasteiger partial charge in [0, 0.05) is 37.4 Å². The first-order chi connectivity index (χ1) is 12.1. The fraction of sp³-hybridized carbons (Fsp3) is 0.368. The van der Waals surface area contributed by atoms with Gasteiger partial charge < -0.3 is 14.8 Å². The van der Waals surface area contributed by atoms with Crippen molar-refractivity contribution in [3.05, 3.63) is 63.8 Å². The summed E-state index contributed by atoms with van der Waals surface area (Å²) >= 11 is 0. The summed E-state index contributed by atoms with van der Waals surface area (Å²) < 4.78 is 13.4. The van der Waals surface area contributed by atoms with Crippen molar-refractivity contribution in [1.82, 2.24) is 9.88 Å². The predicted molar refractivity (Wildman–Crippen MR) is 93.4 cm³/mol. The van der Waals surface area contributed by atoms with Crippen molar-refractivity contribution in [1.29, 1.82) is 0 Å². The SMILES string of the molecule is O=C(c1cccc(=O)[nH]1)N1CCC(N2CCc3cc(F)ccc32)CC1. The van der Waals surface area contributed by atoms with E-state index >= 15 is 0 Å². The van der Waals surface area contributed by atoms with E-state index in [0.717, 1.165) is 37.1 Å². The van der Waals surface area contributed by atoms with E-state index in [-0.39, 0.29) is 17.3 Å². The average Bonchev–Trinajstić information content (AvgIpc) is 3.04. The number of nitrogens with one attached hydrogen (secondary N) is 1. The number of carbonyl (C=O) groups excluding carboxylic acids is 1. The highest BCUT2D eigenvalue weighted by atomic mass is 19.1. The first-order valence-corrected chi connectivity index (χ1v) is 8.65. The number of carbonyl (C=O) groups is 1. The van der Waals surface area contributed by atoms with Gasteiger partial charge in [-0.15, -0.1) is 0 Å². The Morgan fingerprint density at radius 3 is 2.68 bits per heavy atom. The first kappa shape index (κ1) is 15.9. The Balaban J connectivity index is 1.43. The summed E-state index contributed by atoms with van der Waals surface area (Å²) in [4.78, 5) is 30.6. The van der Waals surface area contributed by atoms with E-state index in [0.29, 0.717) is 24.8 Å². The highest BCUT2D eigenvalue weighted by Crippen LogP contribution is 2.33. The second-order valence-corrected chi connectivity index (χ2v) is 6.67. The molecule has 2 aromatic rings. The van der Waals surface area contributed by atoms with Crippen LogP contribution in [0.15, 0.2) is 41.2 Å². The molecule has 5 nitrogen and oxygen atoms in total. The molecule has 1 saturated heterocycles. The number of hydrogen-bond donors (Lipinski definition) is 1. The standard InChI is InChI=1S/C19H20FN3O2/c20-14-4-5-17-13(12-14)6-11-23(17)15-7-9-22(10-8-15)19(25)16-2-1-3-18(24)21-16/h1-5,12,15H,6-11H2,(H,21,24). The van der Waals surface area contributed by atoms with E-state index in [4.69, 9.17) is 0 Å². The summed E-state index contributed by atoms with van der Waals surface area (Å²) in [6.45, 7) is 2.23. The van der Waals surface area contributed by atoms with Crippen LogP contribution in [0.5, 0.6) is 0 Å². The summed E-state index contributed by atoms with van der Waals surface area (Å²) in [6, 6.07) is 10.0. The van der Waals surface area contributed by atoms with E-state index in [2.05, 4.69) is 9.88 Å². The van der Waals surface area contributed by atoms with Gasteiger partial charge in [0.25, 0.3) is 5.91 Å². The van der Waals surface area contributed by atoms with Crippen LogP contribution in [-0.4, -0.2) is 41.5 Å². The highest BCUT2D eigenvalue weighted by molar-refractivity contribution is 5.92. The summed E-state index contributed by atoms with van der Waals surface area (Å²) in [5.41, 5.74) is 2.27. The molecule has 1 N–H and O–H groups in total. The molecule has 3 heterocycles. The van der Waals surface area contributed by atoms with Gasteiger partial charge >= 0.3 is 0 Å². The molecule has 0 radical (unpaired) electrons. The average molecular weight is 341 g/mol. The van der Waals surface area contributed by atoms with Crippen molar-refractivity contribution in [2.75, 3.05) is 24.5 Å². The van der Waals surface area contributed by atoms with Crippen LogP contribution in [0.2, 0.25) is 0 Å². The van der Waals surface area contributed by atoms with Crippen LogP contribution in [0.25, 0.3) is 0 Å². The quantitative estimate of drug-likeness (QED) is 0.911. The van der Waals surface area contributed by atoms with Gasteiger partial charge in [0.2, 0.25) is 5.56 Å². The molecular formula is C19H20FN3O2. The monoisotopic (exact) mass is 341 g/mol. The Labute approximate surface area is 145 Å². The maximum atomic E-state index is 13.4. The van der Waals surface area contributed by atoms with Crippen LogP contribution < -0.4 is 10.5 Å². The van der Waals surface area contributed by atoms with E-state index in [1.165, 1.54) is 12.1 Å². The highest BCUT2D eigenvalue weighted by Gasteiger charge is 2.31. The molecule has 1 aromatic carbocycles. The zero-order valence-electron chi connectivity index (χ0n) is 13.9. The van der Waals surface area contributed by atoms with E-state index < -0.39 is 0 Å². The van der Waals surface area contributed by atoms with Crippen LogP contribution >= 0.6 is 0 Å². The third kappa shape index (κ3) is 3.04. The number of amides is 1. The Kier molecular flexibility index (Phi) is 4.03. The van der Waals surface area contributed by atoms with Gasteiger partial charge in [-0.1, -0.05) is 6.07 Å². The lowest BCUT2D eigenvalue weighted by Crippen LogP contribution is -2.46. The van der Waals surface area contributed by atoms with Crippen LogP contribution in [0.4, 0.5) is 10.1 Å². The summed E-state index contributed by atoms with van der Waals surface area (Å²) in [6.07, 6.45) is 2.62. The number of aromatic nitrogens is 1. The number of aromatic amines is 1. The number of piperidine rings is 1. The zero-order valence-corrected chi connectivity index (χ0v) is 13.9. The number of benzene rings is 1. The molecule has 4 rings (SSSR count). The molecule has 1 amide bonds. The van der Waals surface area contributed by atoms with Crippen molar-refractivity contribution < 1.29 is 9.18 Å². The molecule has 130 valence electrons. The number of likely N-dealkylation sites (tertiary alicyclic amines) is 1. The Hall–Kier alpha value is -2.63. The van der Waals surface area contributed by atoms with E-state index in [1.807, 2.05) is 6.07 Å². The molecule has 1 aromatic heterocycles. The molecule has 25 heavy (non-hydrogen) atoms. The number of anilines is 1. The number of fused-ring (bicyclic) bond motifs is 1. The lowest BCUT2D eigenvalue weighted by atomic mass is 10.0. The summed E-state index contributed by atoms with van der Waals surface area (Å²) in [5.74, 6) is -0.307. The molecule has 6 heteroatoms. The predicted octanol–water partition coefficient (Wildman–Crippen LogP) is 2.18. The Morgan fingerprint density at radius 2 is 1.92 bits per heavy atom. The van der Waals surface area contributed by atoms with Crippen molar-refractivity contribution >= 4 is 11.6 Å². The fourth-order valence-electron chi connectivity index (χ4n) is 3.90. The topological polar surface area (TPSA) is 56.4 Å². The minimum absolute atomic E-state index is 0.125. The smallest absolute Gasteiger partial charge is 0.270 e. The van der Waals surface area contributed by atoms with Gasteiger partial charge in [-0.25, -0.2) is 4.39 Å². The molecule has 2 aliphatic rings. The van der Waals surface area contributed by atoms with E-state index in [1.54, 1.807) is 23.1 Å². The molecule has 2 aliphatic heterocycles. The molecule has 0 spiro atoms. The summed E-state index contributed by atoms with van der Waals surface area (Å²) in [7, 11) is 0. The number of H-pyrrole nitrogens is 1. The molecule has 0 bridgehead atoms. The van der Waals surface area contributed by atoms with Crippen molar-refractivity contribution in [2.24, 2.45) is 0 Å². The zero-order chi connectivity index (χ0) is 17.4. The maximum Gasteiger partial charge on any atom is 0.270 e. The molecule has 1 fully saturated rings. The lowest BCUT2D eigenvalue weighted by Gasteiger charge is -2.38. The minimum atomic E-state index is -0.262. The molecule has 0 unspecified atom stereocenters. The molecular weight excluding hydrogens is 321 g/mol. The number of halogens is 1. The molecule has 0 atom stereocenters. The van der Waals surface area contributed by atoms with Crippen LogP contribution in [-0.2, 0) is 6.42 Å². The first-order valence-electron chi connectivity index (χ1n) is 8.65. The van der Waals surface area contributed by atoms with E-state index in [9.17, 15) is 14.0 Å². The van der Waals surface area contributed by atoms with Crippen LogP contribution in [0.3, 0.4) is 0 Å². The second kappa shape index (κ2) is 6.35. The third-order valence-electron chi connectivity index (χ3n) is 5.16. The van der Waals surface area contributed by atoms with Gasteiger partial charge in [-0.05, 0) is 49.1 Å². The largest absolute Gasteiger partial charge is 0.368 e. The van der Waals surface area contributed by atoms with Crippen LogP contribution in [0, 0.1) is 5.82 Å². The Morgan fingerprint density at radius 1 is 1.12 bits per heavy atom. The number of hydrogen-bond acceptors (Lipinski definition) is 3. The van der Waals surface area contributed by atoms with Gasteiger partial charge in [-0.2, -0.15) is 0 Å². The lowest BCUT2D eigenvalue weighted by molar-refractivity contribution is 0.0706. The maximum absolute atomic E-state index is 13.4. The van der Waals surface area contributed by atoms with Gasteiger partial charge in [0.15, 0.2) is 0 Å². The van der Waals surface area contributed by atoms with Crippen molar-refractivity contribution in [3.63, 3.8) is 0 Å². The fourth-order valence-corrected chi connectivity index (χ4v) is 3.90. The summed E-state index contributed by atoms with van der Waals surface area (Å²) in [5, 5.41) is 0. The molecule has 0 aliphatic carbocycles. The number of rotatable bonds is 2. The minimum Gasteiger partial charge on any atom is -0.368 e. The van der Waals surface area contributed by atoms with Gasteiger partial charge in [-0.3, -0.25) is 9.59 Å². The van der Waals surface area contributed by atoms with Gasteiger partial charge in [0.05, 0.1) is 0 Å². The molecule has 0 saturated carbocycles. The third-order valence-corrected chi connectivity index (χ3v) is 5.16. The number of pyridine rings is 1. The van der Waals surface area contributed by atoms with Crippen molar-refractivity contribution in [2.45, 2.75) is 25.3 Å². The van der Waals surface area contributed by atoms with Crippen LogP contribution in [0.1, 0.15) is 28.9 Å². The second-order valence-electron chi connectivity index (χ2n) is 6.67. The Bertz CT molecular complexity index is 856. The van der Waals surface area contributed by atoms with Crippen molar-refractivity contribution in [3.8, 4) is 0 Å². The normalized spacial score (nSPS) is 17.6. The van der Waals surface area contributed by atoms with Gasteiger partial charge in [0.1, 0.15) is 11.5 Å². The number of nitrogens with zero attached hydrogens (tertiary/aromatic N) is 2.